The molecule has 0 saturated heterocycles. The summed E-state index contributed by atoms with van der Waals surface area (Å²) in [5.74, 6) is 1.35. The molecular weight excluding hydrogens is 298 g/mol. The molecule has 0 aromatic carbocycles. The van der Waals surface area contributed by atoms with Crippen molar-refractivity contribution in [1.82, 2.24) is 15.3 Å². The third-order valence-corrected chi connectivity index (χ3v) is 4.79. The first-order chi connectivity index (χ1) is 10.5. The number of rotatable bonds is 3. The van der Waals surface area contributed by atoms with E-state index in [1.807, 2.05) is 39.8 Å². The van der Waals surface area contributed by atoms with Gasteiger partial charge in [-0.05, 0) is 45.4 Å². The summed E-state index contributed by atoms with van der Waals surface area (Å²) in [7, 11) is 0. The lowest BCUT2D eigenvalue weighted by Gasteiger charge is -2.10. The van der Waals surface area contributed by atoms with Gasteiger partial charge in [-0.3, -0.25) is 4.79 Å². The average molecular weight is 315 g/mol. The van der Waals surface area contributed by atoms with Crippen LogP contribution in [0.3, 0.4) is 0 Å². The smallest absolute Gasteiger partial charge is 0.262 e. The van der Waals surface area contributed by atoms with Crippen molar-refractivity contribution in [3.8, 4) is 0 Å². The first-order valence-corrected chi connectivity index (χ1v) is 7.87. The highest BCUT2D eigenvalue weighted by molar-refractivity contribution is 7.20. The molecule has 1 amide bonds. The standard InChI is InChI=1S/C16H17N3O2S/c1-8-13-10(3)17-11(4)19-16(13)22-14(8)15(20)18-9(2)12-6-5-7-21-12/h5-7,9H,1-4H3,(H,18,20)/t9-/m1/s1. The lowest BCUT2D eigenvalue weighted by atomic mass is 10.1. The molecule has 6 heteroatoms. The molecule has 0 unspecified atom stereocenters. The van der Waals surface area contributed by atoms with Crippen LogP contribution >= 0.6 is 11.3 Å². The Morgan fingerprint density at radius 3 is 2.77 bits per heavy atom. The molecule has 22 heavy (non-hydrogen) atoms. The van der Waals surface area contributed by atoms with Crippen molar-refractivity contribution < 1.29 is 9.21 Å². The van der Waals surface area contributed by atoms with Crippen LogP contribution in [0.5, 0.6) is 0 Å². The molecule has 0 aliphatic carbocycles. The van der Waals surface area contributed by atoms with Crippen LogP contribution in [0.4, 0.5) is 0 Å². The number of thiophene rings is 1. The molecular formula is C16H17N3O2S. The molecule has 3 heterocycles. The van der Waals surface area contributed by atoms with E-state index in [0.29, 0.717) is 4.88 Å². The van der Waals surface area contributed by atoms with Crippen LogP contribution < -0.4 is 5.32 Å². The number of amides is 1. The second kappa shape index (κ2) is 5.53. The lowest BCUT2D eigenvalue weighted by molar-refractivity contribution is 0.0939. The number of aryl methyl sites for hydroxylation is 3. The Morgan fingerprint density at radius 1 is 1.32 bits per heavy atom. The van der Waals surface area contributed by atoms with Crippen molar-refractivity contribution >= 4 is 27.5 Å². The molecule has 0 aliphatic heterocycles. The third-order valence-electron chi connectivity index (χ3n) is 3.61. The zero-order chi connectivity index (χ0) is 15.9. The number of hydrogen-bond donors (Lipinski definition) is 1. The predicted octanol–water partition coefficient (Wildman–Crippen LogP) is 3.70. The van der Waals surface area contributed by atoms with E-state index in [2.05, 4.69) is 15.3 Å². The van der Waals surface area contributed by atoms with Gasteiger partial charge < -0.3 is 9.73 Å². The van der Waals surface area contributed by atoms with E-state index in [1.54, 1.807) is 6.26 Å². The van der Waals surface area contributed by atoms with E-state index in [-0.39, 0.29) is 11.9 Å². The number of nitrogens with one attached hydrogen (secondary N) is 1. The van der Waals surface area contributed by atoms with Crippen LogP contribution in [0.15, 0.2) is 22.8 Å². The highest BCUT2D eigenvalue weighted by atomic mass is 32.1. The van der Waals surface area contributed by atoms with Gasteiger partial charge in [0, 0.05) is 11.1 Å². The fourth-order valence-electron chi connectivity index (χ4n) is 2.56. The first kappa shape index (κ1) is 14.7. The highest BCUT2D eigenvalue weighted by Gasteiger charge is 2.20. The highest BCUT2D eigenvalue weighted by Crippen LogP contribution is 2.31. The fraction of sp³-hybridized carbons (Fsp3) is 0.312. The Balaban J connectivity index is 1.94. The monoisotopic (exact) mass is 315 g/mol. The van der Waals surface area contributed by atoms with E-state index in [0.717, 1.165) is 33.1 Å². The van der Waals surface area contributed by atoms with Gasteiger partial charge in [-0.15, -0.1) is 11.3 Å². The summed E-state index contributed by atoms with van der Waals surface area (Å²) in [6.07, 6.45) is 1.60. The van der Waals surface area contributed by atoms with Crippen LogP contribution in [0.1, 0.15) is 45.5 Å². The maximum absolute atomic E-state index is 12.5. The second-order valence-corrected chi connectivity index (χ2v) is 6.30. The molecule has 3 aromatic heterocycles. The Kier molecular flexibility index (Phi) is 3.70. The summed E-state index contributed by atoms with van der Waals surface area (Å²) in [4.78, 5) is 22.9. The molecule has 5 nitrogen and oxygen atoms in total. The minimum atomic E-state index is -0.180. The minimum Gasteiger partial charge on any atom is -0.467 e. The van der Waals surface area contributed by atoms with Crippen molar-refractivity contribution in [3.05, 3.63) is 46.1 Å². The summed E-state index contributed by atoms with van der Waals surface area (Å²) in [6, 6.07) is 3.48. The topological polar surface area (TPSA) is 68.0 Å². The maximum Gasteiger partial charge on any atom is 0.262 e. The zero-order valence-corrected chi connectivity index (χ0v) is 13.7. The second-order valence-electron chi connectivity index (χ2n) is 5.30. The van der Waals surface area contributed by atoms with Gasteiger partial charge in [-0.2, -0.15) is 0 Å². The molecule has 3 rings (SSSR count). The molecule has 0 fully saturated rings. The van der Waals surface area contributed by atoms with Gasteiger partial charge in [-0.1, -0.05) is 0 Å². The summed E-state index contributed by atoms with van der Waals surface area (Å²) in [5.41, 5.74) is 1.84. The Labute approximate surface area is 132 Å². The number of furan rings is 1. The summed E-state index contributed by atoms with van der Waals surface area (Å²) in [5, 5.41) is 3.94. The molecule has 0 spiro atoms. The Bertz CT molecular complexity index is 837. The van der Waals surface area contributed by atoms with Crippen molar-refractivity contribution in [1.29, 1.82) is 0 Å². The van der Waals surface area contributed by atoms with E-state index in [1.165, 1.54) is 11.3 Å². The Hall–Kier alpha value is -2.21. The van der Waals surface area contributed by atoms with Crippen molar-refractivity contribution in [3.63, 3.8) is 0 Å². The number of hydrogen-bond acceptors (Lipinski definition) is 5. The van der Waals surface area contributed by atoms with Gasteiger partial charge in [0.25, 0.3) is 5.91 Å². The van der Waals surface area contributed by atoms with Gasteiger partial charge in [0.05, 0.1) is 17.2 Å². The van der Waals surface area contributed by atoms with E-state index < -0.39 is 0 Å². The molecule has 3 aromatic rings. The molecule has 0 aliphatic rings. The lowest BCUT2D eigenvalue weighted by Crippen LogP contribution is -2.26. The van der Waals surface area contributed by atoms with Crippen LogP contribution in [0.2, 0.25) is 0 Å². The normalized spacial score (nSPS) is 12.5. The molecule has 1 N–H and O–H groups in total. The summed E-state index contributed by atoms with van der Waals surface area (Å²) in [6.45, 7) is 7.65. The fourth-order valence-corrected chi connectivity index (χ4v) is 3.74. The average Bonchev–Trinajstić information content (AvgIpc) is 3.06. The van der Waals surface area contributed by atoms with E-state index >= 15 is 0 Å². The zero-order valence-electron chi connectivity index (χ0n) is 12.9. The third kappa shape index (κ3) is 2.50. The molecule has 0 saturated carbocycles. The van der Waals surface area contributed by atoms with Gasteiger partial charge >= 0.3 is 0 Å². The van der Waals surface area contributed by atoms with Crippen LogP contribution in [0, 0.1) is 20.8 Å². The predicted molar refractivity (Wildman–Crippen MR) is 86.2 cm³/mol. The number of carbonyl (C=O) groups is 1. The number of fused-ring (bicyclic) bond motifs is 1. The largest absolute Gasteiger partial charge is 0.467 e. The van der Waals surface area contributed by atoms with Crippen molar-refractivity contribution in [2.45, 2.75) is 33.7 Å². The van der Waals surface area contributed by atoms with E-state index in [4.69, 9.17) is 4.42 Å². The van der Waals surface area contributed by atoms with Crippen LogP contribution in [-0.2, 0) is 0 Å². The van der Waals surface area contributed by atoms with Gasteiger partial charge in [0.1, 0.15) is 16.4 Å². The molecule has 0 bridgehead atoms. The first-order valence-electron chi connectivity index (χ1n) is 7.06. The quantitative estimate of drug-likeness (QED) is 0.800. The number of nitrogens with zero attached hydrogens (tertiary/aromatic N) is 2. The summed E-state index contributed by atoms with van der Waals surface area (Å²) >= 11 is 1.41. The molecule has 114 valence electrons. The Morgan fingerprint density at radius 2 is 2.09 bits per heavy atom. The van der Waals surface area contributed by atoms with Gasteiger partial charge in [0.2, 0.25) is 0 Å². The summed E-state index contributed by atoms with van der Waals surface area (Å²) < 4.78 is 5.32. The number of aromatic nitrogens is 2. The minimum absolute atomic E-state index is 0.110. The molecule has 0 radical (unpaired) electrons. The van der Waals surface area contributed by atoms with Crippen molar-refractivity contribution in [2.24, 2.45) is 0 Å². The van der Waals surface area contributed by atoms with Crippen LogP contribution in [0.25, 0.3) is 10.2 Å². The SMILES string of the molecule is Cc1nc(C)c2c(C)c(C(=O)N[C@H](C)c3ccco3)sc2n1. The van der Waals surface area contributed by atoms with Gasteiger partial charge in [-0.25, -0.2) is 9.97 Å². The maximum atomic E-state index is 12.5. The van der Waals surface area contributed by atoms with Gasteiger partial charge in [0.15, 0.2) is 0 Å². The molecule has 1 atom stereocenters. The number of carbonyl (C=O) groups excluding carboxylic acids is 1. The van der Waals surface area contributed by atoms with E-state index in [9.17, 15) is 4.79 Å². The van der Waals surface area contributed by atoms with Crippen LogP contribution in [-0.4, -0.2) is 15.9 Å². The van der Waals surface area contributed by atoms with Crippen molar-refractivity contribution in [2.75, 3.05) is 0 Å².